The molecule has 1 amide bonds. The lowest BCUT2D eigenvalue weighted by Crippen LogP contribution is -2.55. The number of amides is 1. The third-order valence-electron chi connectivity index (χ3n) is 6.09. The monoisotopic (exact) mass is 479 g/mol. The standard InChI is InChI=1S/C27H30NO5P/c1-21(29)28(25-18-16-24(17-19-25)23-14-7-4-8-15-23)27(2,26(30)31)34(32,33)20-10-9-13-22-11-5-3-6-12-22/h3-8,11-12,14-19H,9-10,13,20H2,1-2H3,(H,30,31)(H,32,33)/t27-/m1/s1. The van der Waals surface area contributed by atoms with Crippen LogP contribution in [-0.2, 0) is 20.6 Å². The van der Waals surface area contributed by atoms with Gasteiger partial charge in [0.2, 0.25) is 18.6 Å². The second kappa shape index (κ2) is 10.8. The largest absolute Gasteiger partial charge is 0.479 e. The number of anilines is 1. The van der Waals surface area contributed by atoms with Crippen LogP contribution in [0.1, 0.15) is 32.3 Å². The summed E-state index contributed by atoms with van der Waals surface area (Å²) in [6.07, 6.45) is 1.52. The topological polar surface area (TPSA) is 94.9 Å². The minimum Gasteiger partial charge on any atom is -0.479 e. The molecular weight excluding hydrogens is 449 g/mol. The van der Waals surface area contributed by atoms with E-state index in [1.54, 1.807) is 24.3 Å². The van der Waals surface area contributed by atoms with Gasteiger partial charge in [-0.3, -0.25) is 14.3 Å². The highest BCUT2D eigenvalue weighted by Gasteiger charge is 2.55. The molecule has 0 saturated heterocycles. The maximum absolute atomic E-state index is 13.5. The Hall–Kier alpha value is -3.21. The molecule has 7 heteroatoms. The van der Waals surface area contributed by atoms with Crippen LogP contribution >= 0.6 is 7.37 Å². The SMILES string of the molecule is CC(=O)N(c1ccc(-c2ccccc2)cc1)[C@@](C)(C(=O)O)P(=O)(O)CCCCc1ccccc1. The molecule has 3 aromatic carbocycles. The van der Waals surface area contributed by atoms with Crippen molar-refractivity contribution in [3.05, 3.63) is 90.5 Å². The summed E-state index contributed by atoms with van der Waals surface area (Å²) in [4.78, 5) is 37.0. The van der Waals surface area contributed by atoms with Gasteiger partial charge in [-0.25, -0.2) is 4.79 Å². The van der Waals surface area contributed by atoms with Crippen LogP contribution in [0.25, 0.3) is 11.1 Å². The maximum atomic E-state index is 13.5. The molecule has 2 atom stereocenters. The minimum absolute atomic E-state index is 0.200. The number of carbonyl (C=O) groups is 2. The molecule has 34 heavy (non-hydrogen) atoms. The van der Waals surface area contributed by atoms with E-state index in [4.69, 9.17) is 0 Å². The summed E-state index contributed by atoms with van der Waals surface area (Å²) in [6, 6.07) is 26.1. The molecule has 1 unspecified atom stereocenters. The fraction of sp³-hybridized carbons (Fsp3) is 0.259. The average Bonchev–Trinajstić information content (AvgIpc) is 2.83. The molecule has 0 aromatic heterocycles. The summed E-state index contributed by atoms with van der Waals surface area (Å²) in [5.74, 6) is -2.13. The number of unbranched alkanes of at least 4 members (excludes halogenated alkanes) is 1. The summed E-state index contributed by atoms with van der Waals surface area (Å²) < 4.78 is 13.5. The number of carboxylic acids is 1. The Bertz CT molecular complexity index is 1160. The molecule has 0 fully saturated rings. The highest BCUT2D eigenvalue weighted by atomic mass is 31.2. The number of rotatable bonds is 10. The zero-order valence-corrected chi connectivity index (χ0v) is 20.3. The molecule has 0 saturated carbocycles. The van der Waals surface area contributed by atoms with Gasteiger partial charge >= 0.3 is 5.97 Å². The number of aliphatic carboxylic acids is 1. The van der Waals surface area contributed by atoms with Gasteiger partial charge in [-0.1, -0.05) is 72.8 Å². The second-order valence-corrected chi connectivity index (χ2v) is 11.2. The van der Waals surface area contributed by atoms with Crippen molar-refractivity contribution in [2.75, 3.05) is 11.1 Å². The van der Waals surface area contributed by atoms with Gasteiger partial charge in [0.05, 0.1) is 0 Å². The van der Waals surface area contributed by atoms with E-state index in [-0.39, 0.29) is 11.8 Å². The molecule has 3 rings (SSSR count). The lowest BCUT2D eigenvalue weighted by molar-refractivity contribution is -0.141. The highest BCUT2D eigenvalue weighted by Crippen LogP contribution is 2.57. The smallest absolute Gasteiger partial charge is 0.339 e. The van der Waals surface area contributed by atoms with E-state index in [1.807, 2.05) is 60.7 Å². The van der Waals surface area contributed by atoms with Crippen LogP contribution in [0.2, 0.25) is 0 Å². The lowest BCUT2D eigenvalue weighted by Gasteiger charge is -2.40. The van der Waals surface area contributed by atoms with Crippen LogP contribution in [0.15, 0.2) is 84.9 Å². The van der Waals surface area contributed by atoms with E-state index >= 15 is 0 Å². The quantitative estimate of drug-likeness (QED) is 0.283. The summed E-state index contributed by atoms with van der Waals surface area (Å²) in [5.41, 5.74) is 3.23. The van der Waals surface area contributed by atoms with Crippen molar-refractivity contribution in [2.24, 2.45) is 0 Å². The Morgan fingerprint density at radius 1 is 0.853 bits per heavy atom. The van der Waals surface area contributed by atoms with Crippen LogP contribution in [0, 0.1) is 0 Å². The third kappa shape index (κ3) is 5.46. The first-order chi connectivity index (χ1) is 16.2. The molecule has 0 spiro atoms. The van der Waals surface area contributed by atoms with E-state index in [0.717, 1.165) is 28.0 Å². The van der Waals surface area contributed by atoms with Gasteiger partial charge in [0.1, 0.15) is 0 Å². The fourth-order valence-electron chi connectivity index (χ4n) is 4.09. The Kier molecular flexibility index (Phi) is 8.08. The van der Waals surface area contributed by atoms with Crippen molar-refractivity contribution in [2.45, 2.75) is 38.4 Å². The summed E-state index contributed by atoms with van der Waals surface area (Å²) >= 11 is 0. The van der Waals surface area contributed by atoms with Crippen molar-refractivity contribution in [1.82, 2.24) is 0 Å². The van der Waals surface area contributed by atoms with Crippen molar-refractivity contribution in [1.29, 1.82) is 0 Å². The number of hydrogen-bond donors (Lipinski definition) is 2. The van der Waals surface area contributed by atoms with Gasteiger partial charge < -0.3 is 10.00 Å². The van der Waals surface area contributed by atoms with E-state index in [9.17, 15) is 24.2 Å². The van der Waals surface area contributed by atoms with Crippen molar-refractivity contribution in [3.8, 4) is 11.1 Å². The Morgan fingerprint density at radius 2 is 1.38 bits per heavy atom. The van der Waals surface area contributed by atoms with Gasteiger partial charge in [0, 0.05) is 18.8 Å². The lowest BCUT2D eigenvalue weighted by atomic mass is 10.0. The maximum Gasteiger partial charge on any atom is 0.339 e. The Morgan fingerprint density at radius 3 is 1.91 bits per heavy atom. The van der Waals surface area contributed by atoms with E-state index in [1.165, 1.54) is 13.8 Å². The highest BCUT2D eigenvalue weighted by molar-refractivity contribution is 7.61. The number of benzene rings is 3. The molecule has 178 valence electrons. The number of carboxylic acid groups (broad SMARTS) is 1. The van der Waals surface area contributed by atoms with Crippen molar-refractivity contribution in [3.63, 3.8) is 0 Å². The zero-order valence-electron chi connectivity index (χ0n) is 19.4. The molecule has 0 heterocycles. The first kappa shape index (κ1) is 25.4. The number of hydrogen-bond acceptors (Lipinski definition) is 3. The van der Waals surface area contributed by atoms with E-state index < -0.39 is 24.5 Å². The van der Waals surface area contributed by atoms with Gasteiger partial charge in [0.15, 0.2) is 0 Å². The summed E-state index contributed by atoms with van der Waals surface area (Å²) in [7, 11) is -4.33. The summed E-state index contributed by atoms with van der Waals surface area (Å²) in [6.45, 7) is 2.38. The molecule has 0 bridgehead atoms. The summed E-state index contributed by atoms with van der Waals surface area (Å²) in [5, 5.41) is 7.80. The van der Waals surface area contributed by atoms with E-state index in [2.05, 4.69) is 0 Å². The molecule has 0 aliphatic rings. The van der Waals surface area contributed by atoms with Gasteiger partial charge in [-0.05, 0) is 55.0 Å². The predicted molar refractivity (Wildman–Crippen MR) is 135 cm³/mol. The molecule has 0 radical (unpaired) electrons. The molecule has 2 N–H and O–H groups in total. The average molecular weight is 480 g/mol. The predicted octanol–water partition coefficient (Wildman–Crippen LogP) is 5.80. The normalized spacial score (nSPS) is 14.6. The Balaban J connectivity index is 1.84. The number of aryl methyl sites for hydroxylation is 1. The zero-order chi connectivity index (χ0) is 24.8. The van der Waals surface area contributed by atoms with Gasteiger partial charge in [-0.2, -0.15) is 0 Å². The van der Waals surface area contributed by atoms with Crippen LogP contribution in [0.3, 0.4) is 0 Å². The van der Waals surface area contributed by atoms with E-state index in [0.29, 0.717) is 12.8 Å². The molecule has 6 nitrogen and oxygen atoms in total. The van der Waals surface area contributed by atoms with Crippen LogP contribution in [-0.4, -0.2) is 33.3 Å². The first-order valence-electron chi connectivity index (χ1n) is 11.2. The van der Waals surface area contributed by atoms with Crippen molar-refractivity contribution < 1.29 is 24.2 Å². The minimum atomic E-state index is -4.33. The molecule has 0 aliphatic heterocycles. The van der Waals surface area contributed by atoms with Crippen LogP contribution in [0.4, 0.5) is 5.69 Å². The first-order valence-corrected chi connectivity index (χ1v) is 13.1. The molecule has 3 aromatic rings. The van der Waals surface area contributed by atoms with Gasteiger partial charge in [-0.15, -0.1) is 0 Å². The molecule has 0 aliphatic carbocycles. The number of carbonyl (C=O) groups excluding carboxylic acids is 1. The van der Waals surface area contributed by atoms with Crippen LogP contribution in [0.5, 0.6) is 0 Å². The third-order valence-corrected chi connectivity index (χ3v) is 8.76. The Labute approximate surface area is 200 Å². The second-order valence-electron chi connectivity index (χ2n) is 8.46. The fourth-order valence-corrected chi connectivity index (χ4v) is 6.05. The number of nitrogens with zero attached hydrogens (tertiary/aromatic N) is 1. The van der Waals surface area contributed by atoms with Crippen LogP contribution < -0.4 is 4.90 Å². The van der Waals surface area contributed by atoms with Gasteiger partial charge in [0.25, 0.3) is 0 Å². The van der Waals surface area contributed by atoms with Crippen molar-refractivity contribution >= 4 is 24.9 Å². The molecular formula is C27H30NO5P.